The fourth-order valence-electron chi connectivity index (χ4n) is 3.25. The highest BCUT2D eigenvalue weighted by molar-refractivity contribution is 9.10. The summed E-state index contributed by atoms with van der Waals surface area (Å²) < 4.78 is 8.40. The third kappa shape index (κ3) is 5.58. The second-order valence-electron chi connectivity index (χ2n) is 7.32. The number of hydrogen-bond acceptors (Lipinski definition) is 7. The van der Waals surface area contributed by atoms with Crippen LogP contribution < -0.4 is 10.3 Å². The van der Waals surface area contributed by atoms with E-state index in [0.717, 1.165) is 17.1 Å². The number of ether oxygens (including phenoxy) is 1. The Bertz CT molecular complexity index is 1520. The van der Waals surface area contributed by atoms with Crippen LogP contribution in [0.2, 0.25) is 5.02 Å². The average Bonchev–Trinajstić information content (AvgIpc) is 2.82. The van der Waals surface area contributed by atoms with Crippen LogP contribution in [0.1, 0.15) is 24.7 Å². The molecule has 0 spiro atoms. The van der Waals surface area contributed by atoms with Gasteiger partial charge >= 0.3 is 0 Å². The van der Waals surface area contributed by atoms with Crippen molar-refractivity contribution in [1.82, 2.24) is 14.6 Å². The summed E-state index contributed by atoms with van der Waals surface area (Å²) in [4.78, 5) is 32.2. The van der Waals surface area contributed by atoms with E-state index < -0.39 is 4.92 Å². The maximum Gasteiger partial charge on any atom is 0.287 e. The van der Waals surface area contributed by atoms with E-state index in [9.17, 15) is 14.9 Å². The summed E-state index contributed by atoms with van der Waals surface area (Å²) in [5, 5.41) is 16.1. The summed E-state index contributed by atoms with van der Waals surface area (Å²) in [6.07, 6.45) is 3.87. The minimum absolute atomic E-state index is 0.134. The Kier molecular flexibility index (Phi) is 7.58. The first-order chi connectivity index (χ1) is 16.8. The molecule has 0 N–H and O–H groups in total. The van der Waals surface area contributed by atoms with Gasteiger partial charge in [-0.3, -0.25) is 14.9 Å². The molecule has 2 aromatic heterocycles. The van der Waals surface area contributed by atoms with Crippen LogP contribution in [0.15, 0.2) is 67.5 Å². The molecule has 0 saturated carbocycles. The number of rotatable bonds is 7. The van der Waals surface area contributed by atoms with Crippen molar-refractivity contribution < 1.29 is 9.66 Å². The number of fused-ring (bicyclic) bond motifs is 1. The van der Waals surface area contributed by atoms with Gasteiger partial charge in [-0.1, -0.05) is 34.5 Å². The molecule has 0 saturated heterocycles. The molecule has 4 rings (SSSR count). The molecule has 12 heteroatoms. The number of benzene rings is 2. The van der Waals surface area contributed by atoms with Crippen molar-refractivity contribution >= 4 is 66.3 Å². The van der Waals surface area contributed by atoms with Gasteiger partial charge in [0.1, 0.15) is 12.0 Å². The van der Waals surface area contributed by atoms with Gasteiger partial charge in [0.05, 0.1) is 26.5 Å². The number of pyridine rings is 1. The van der Waals surface area contributed by atoms with Crippen molar-refractivity contribution in [3.05, 3.63) is 94.5 Å². The first kappa shape index (κ1) is 25.0. The van der Waals surface area contributed by atoms with Gasteiger partial charge in [0.25, 0.3) is 11.2 Å². The van der Waals surface area contributed by atoms with Gasteiger partial charge in [-0.05, 0) is 52.7 Å². The van der Waals surface area contributed by atoms with E-state index in [-0.39, 0.29) is 17.1 Å². The molecule has 0 atom stereocenters. The number of aromatic nitrogens is 3. The molecule has 0 fully saturated rings. The minimum atomic E-state index is -0.547. The normalized spacial score (nSPS) is 11.3. The molecule has 0 aliphatic heterocycles. The van der Waals surface area contributed by atoms with E-state index in [0.29, 0.717) is 44.0 Å². The third-order valence-electron chi connectivity index (χ3n) is 4.84. The number of halogens is 3. The number of nitro groups is 1. The lowest BCUT2D eigenvalue weighted by molar-refractivity contribution is -0.385. The van der Waals surface area contributed by atoms with Crippen LogP contribution in [-0.4, -0.2) is 25.8 Å². The molecule has 9 nitrogen and oxygen atoms in total. The van der Waals surface area contributed by atoms with Gasteiger partial charge in [0, 0.05) is 33.6 Å². The lowest BCUT2D eigenvalue weighted by Gasteiger charge is -2.12. The van der Waals surface area contributed by atoms with Gasteiger partial charge in [-0.25, -0.2) is 9.97 Å². The zero-order valence-corrected chi connectivity index (χ0v) is 22.0. The number of nitrogens with zero attached hydrogens (tertiary/aromatic N) is 5. The van der Waals surface area contributed by atoms with Crippen molar-refractivity contribution in [2.24, 2.45) is 5.10 Å². The molecular formula is C23H16Br2ClN5O4. The van der Waals surface area contributed by atoms with Crippen LogP contribution in [0.25, 0.3) is 10.9 Å². The van der Waals surface area contributed by atoms with Gasteiger partial charge in [0.2, 0.25) is 5.88 Å². The Morgan fingerprint density at radius 2 is 2.03 bits per heavy atom. The molecule has 35 heavy (non-hydrogen) atoms. The van der Waals surface area contributed by atoms with Crippen LogP contribution in [0.3, 0.4) is 0 Å². The number of aryl methyl sites for hydroxylation is 1. The SMILES string of the molecule is CCCc1nc2ccc(Br)cc2c(=O)n1N=Cc1cc(Cl)cc(Br)c1Oc1ccc([N+](=O)[O-])cn1. The summed E-state index contributed by atoms with van der Waals surface area (Å²) in [7, 11) is 0. The topological polar surface area (TPSA) is 113 Å². The Labute approximate surface area is 220 Å². The van der Waals surface area contributed by atoms with Crippen molar-refractivity contribution in [2.75, 3.05) is 0 Å². The van der Waals surface area contributed by atoms with E-state index in [1.165, 1.54) is 23.0 Å². The summed E-state index contributed by atoms with van der Waals surface area (Å²) >= 11 is 13.1. The first-order valence-corrected chi connectivity index (χ1v) is 12.3. The second-order valence-corrected chi connectivity index (χ2v) is 9.53. The van der Waals surface area contributed by atoms with Crippen LogP contribution in [0.5, 0.6) is 11.6 Å². The summed E-state index contributed by atoms with van der Waals surface area (Å²) in [6.45, 7) is 1.99. The average molecular weight is 622 g/mol. The van der Waals surface area contributed by atoms with E-state index >= 15 is 0 Å². The van der Waals surface area contributed by atoms with Crippen molar-refractivity contribution in [3.63, 3.8) is 0 Å². The smallest absolute Gasteiger partial charge is 0.287 e. The van der Waals surface area contributed by atoms with E-state index in [2.05, 4.69) is 46.9 Å². The molecule has 0 amide bonds. The molecule has 2 heterocycles. The molecule has 0 radical (unpaired) electrons. The Morgan fingerprint density at radius 1 is 1.23 bits per heavy atom. The molecule has 0 bridgehead atoms. The lowest BCUT2D eigenvalue weighted by atomic mass is 10.2. The summed E-state index contributed by atoms with van der Waals surface area (Å²) in [6, 6.07) is 11.2. The zero-order valence-electron chi connectivity index (χ0n) is 18.1. The fourth-order valence-corrected chi connectivity index (χ4v) is 4.52. The van der Waals surface area contributed by atoms with Gasteiger partial charge < -0.3 is 4.74 Å². The van der Waals surface area contributed by atoms with Crippen molar-refractivity contribution in [1.29, 1.82) is 0 Å². The molecular weight excluding hydrogens is 606 g/mol. The first-order valence-electron chi connectivity index (χ1n) is 10.3. The second kappa shape index (κ2) is 10.6. The third-order valence-corrected chi connectivity index (χ3v) is 6.14. The van der Waals surface area contributed by atoms with Gasteiger partial charge in [-0.15, -0.1) is 0 Å². The Morgan fingerprint density at radius 3 is 2.71 bits per heavy atom. The van der Waals surface area contributed by atoms with Gasteiger partial charge in [-0.2, -0.15) is 9.78 Å². The van der Waals surface area contributed by atoms with E-state index in [1.54, 1.807) is 24.3 Å². The minimum Gasteiger partial charge on any atom is -0.437 e. The maximum absolute atomic E-state index is 13.3. The highest BCUT2D eigenvalue weighted by atomic mass is 79.9. The molecule has 0 aliphatic rings. The Hall–Kier alpha value is -3.15. The quantitative estimate of drug-likeness (QED) is 0.132. The molecule has 0 unspecified atom stereocenters. The van der Waals surface area contributed by atoms with Gasteiger partial charge in [0.15, 0.2) is 5.75 Å². The fraction of sp³-hybridized carbons (Fsp3) is 0.130. The van der Waals surface area contributed by atoms with Crippen molar-refractivity contribution in [3.8, 4) is 11.6 Å². The van der Waals surface area contributed by atoms with Crippen LogP contribution in [0.4, 0.5) is 5.69 Å². The predicted octanol–water partition coefficient (Wildman–Crippen LogP) is 6.51. The van der Waals surface area contributed by atoms with Crippen molar-refractivity contribution in [2.45, 2.75) is 19.8 Å². The van der Waals surface area contributed by atoms with E-state index in [4.69, 9.17) is 16.3 Å². The highest BCUT2D eigenvalue weighted by Gasteiger charge is 2.15. The van der Waals surface area contributed by atoms with Crippen LogP contribution >= 0.6 is 43.5 Å². The zero-order chi connectivity index (χ0) is 25.1. The largest absolute Gasteiger partial charge is 0.437 e. The molecule has 0 aliphatic carbocycles. The predicted molar refractivity (Wildman–Crippen MR) is 141 cm³/mol. The number of hydrogen-bond donors (Lipinski definition) is 0. The molecule has 2 aromatic carbocycles. The lowest BCUT2D eigenvalue weighted by Crippen LogP contribution is -2.22. The monoisotopic (exact) mass is 619 g/mol. The summed E-state index contributed by atoms with van der Waals surface area (Å²) in [5.74, 6) is 0.972. The molecule has 178 valence electrons. The molecule has 4 aromatic rings. The highest BCUT2D eigenvalue weighted by Crippen LogP contribution is 2.35. The van der Waals surface area contributed by atoms with Crippen LogP contribution in [0, 0.1) is 10.1 Å². The van der Waals surface area contributed by atoms with E-state index in [1.807, 2.05) is 13.0 Å². The maximum atomic E-state index is 13.3. The van der Waals surface area contributed by atoms with Crippen LogP contribution in [-0.2, 0) is 6.42 Å². The standard InChI is InChI=1S/C23H16Br2ClN5O4/c1-2-3-20-29-19-6-4-14(24)9-17(19)23(32)30(20)28-11-13-8-15(26)10-18(25)22(13)35-21-7-5-16(12-27-21)31(33)34/h4-12H,2-3H2,1H3. The Balaban J connectivity index is 1.79. The summed E-state index contributed by atoms with van der Waals surface area (Å²) in [5.41, 5.74) is 0.573.